The maximum Gasteiger partial charge on any atom is 0.311 e. The molecule has 0 aliphatic heterocycles. The van der Waals surface area contributed by atoms with Crippen molar-refractivity contribution in [1.82, 2.24) is 9.97 Å². The highest BCUT2D eigenvalue weighted by molar-refractivity contribution is 5.87. The van der Waals surface area contributed by atoms with Crippen LogP contribution in [0.4, 0.5) is 0 Å². The number of carboxylic acids is 1. The summed E-state index contributed by atoms with van der Waals surface area (Å²) >= 11 is 0. The third kappa shape index (κ3) is 2.18. The first kappa shape index (κ1) is 11.3. The van der Waals surface area contributed by atoms with Crippen LogP contribution in [-0.4, -0.2) is 28.2 Å². The molecule has 88 valence electrons. The van der Waals surface area contributed by atoms with Crippen molar-refractivity contribution in [1.29, 1.82) is 0 Å². The average Bonchev–Trinajstić information content (AvgIpc) is 2.27. The summed E-state index contributed by atoms with van der Waals surface area (Å²) in [6.07, 6.45) is -0.173. The van der Waals surface area contributed by atoms with Gasteiger partial charge in [0, 0.05) is 0 Å². The zero-order chi connectivity index (χ0) is 12.4. The van der Waals surface area contributed by atoms with Gasteiger partial charge in [-0.3, -0.25) is 4.79 Å². The molecule has 0 aliphatic carbocycles. The molecule has 0 amide bonds. The summed E-state index contributed by atoms with van der Waals surface area (Å²) < 4.78 is 5.23. The molecule has 0 fully saturated rings. The summed E-state index contributed by atoms with van der Waals surface area (Å²) in [5.74, 6) is 0.0734. The van der Waals surface area contributed by atoms with Crippen molar-refractivity contribution in [3.63, 3.8) is 0 Å². The largest absolute Gasteiger partial charge is 0.496 e. The molecule has 0 saturated heterocycles. The summed E-state index contributed by atoms with van der Waals surface area (Å²) in [6.45, 7) is 1.82. The fourth-order valence-electron chi connectivity index (χ4n) is 1.77. The molecule has 2 aromatic rings. The molecule has 1 aromatic heterocycles. The Kier molecular flexibility index (Phi) is 2.91. The number of fused-ring (bicyclic) bond motifs is 1. The number of methoxy groups -OCH3 is 1. The van der Waals surface area contributed by atoms with E-state index in [4.69, 9.17) is 9.84 Å². The minimum Gasteiger partial charge on any atom is -0.496 e. The Morgan fingerprint density at radius 1 is 1.41 bits per heavy atom. The Hall–Kier alpha value is -2.17. The Labute approximate surface area is 98.1 Å². The van der Waals surface area contributed by atoms with E-state index in [0.717, 1.165) is 11.1 Å². The van der Waals surface area contributed by atoms with E-state index in [1.54, 1.807) is 7.11 Å². The van der Waals surface area contributed by atoms with Gasteiger partial charge in [0.25, 0.3) is 0 Å². The standard InChI is InChI=1S/C12H12N2O3/c1-7-12-8(4-3-5-9(12)17-2)14-10(13-7)6-11(15)16/h3-5H,6H2,1-2H3,(H,15,16). The van der Waals surface area contributed by atoms with Crippen LogP contribution in [0.5, 0.6) is 5.75 Å². The zero-order valence-electron chi connectivity index (χ0n) is 9.60. The van der Waals surface area contributed by atoms with Gasteiger partial charge < -0.3 is 9.84 Å². The van der Waals surface area contributed by atoms with Gasteiger partial charge in [-0.05, 0) is 19.1 Å². The number of benzene rings is 1. The summed E-state index contributed by atoms with van der Waals surface area (Å²) in [5, 5.41) is 9.55. The van der Waals surface area contributed by atoms with Gasteiger partial charge in [-0.1, -0.05) is 6.07 Å². The first-order chi connectivity index (χ1) is 8.11. The maximum absolute atomic E-state index is 10.6. The lowest BCUT2D eigenvalue weighted by Gasteiger charge is -2.08. The van der Waals surface area contributed by atoms with Crippen LogP contribution in [0.1, 0.15) is 11.5 Å². The van der Waals surface area contributed by atoms with Crippen LogP contribution in [0.2, 0.25) is 0 Å². The van der Waals surface area contributed by atoms with Crippen molar-refractivity contribution in [3.05, 3.63) is 29.7 Å². The first-order valence-electron chi connectivity index (χ1n) is 5.14. The molecule has 5 nitrogen and oxygen atoms in total. The number of carboxylic acid groups (broad SMARTS) is 1. The fraction of sp³-hybridized carbons (Fsp3) is 0.250. The van der Waals surface area contributed by atoms with E-state index in [-0.39, 0.29) is 6.42 Å². The lowest BCUT2D eigenvalue weighted by molar-refractivity contribution is -0.136. The molecule has 0 radical (unpaired) electrons. The quantitative estimate of drug-likeness (QED) is 0.869. The predicted octanol–water partition coefficient (Wildman–Crippen LogP) is 1.57. The molecular weight excluding hydrogens is 220 g/mol. The fourth-order valence-corrected chi connectivity index (χ4v) is 1.77. The molecule has 0 aliphatic rings. The molecule has 1 aromatic carbocycles. The molecule has 1 N–H and O–H groups in total. The van der Waals surface area contributed by atoms with Gasteiger partial charge in [0.2, 0.25) is 0 Å². The number of nitrogens with zero attached hydrogens (tertiary/aromatic N) is 2. The highest BCUT2D eigenvalue weighted by atomic mass is 16.5. The van der Waals surface area contributed by atoms with Gasteiger partial charge in [0.1, 0.15) is 18.0 Å². The van der Waals surface area contributed by atoms with Gasteiger partial charge in [-0.2, -0.15) is 0 Å². The molecule has 0 atom stereocenters. The van der Waals surface area contributed by atoms with E-state index in [9.17, 15) is 4.79 Å². The van der Waals surface area contributed by atoms with E-state index in [1.165, 1.54) is 0 Å². The average molecular weight is 232 g/mol. The second-order valence-electron chi connectivity index (χ2n) is 3.65. The number of aromatic nitrogens is 2. The predicted molar refractivity (Wildman–Crippen MR) is 62.2 cm³/mol. The van der Waals surface area contributed by atoms with E-state index >= 15 is 0 Å². The minimum absolute atomic E-state index is 0.173. The Bertz CT molecular complexity index is 581. The molecular formula is C12H12N2O3. The van der Waals surface area contributed by atoms with Crippen LogP contribution >= 0.6 is 0 Å². The number of ether oxygens (including phenoxy) is 1. The van der Waals surface area contributed by atoms with Crippen LogP contribution in [0.3, 0.4) is 0 Å². The minimum atomic E-state index is -0.938. The molecule has 0 spiro atoms. The number of carbonyl (C=O) groups is 1. The van der Waals surface area contributed by atoms with E-state index in [2.05, 4.69) is 9.97 Å². The Morgan fingerprint density at radius 3 is 2.82 bits per heavy atom. The smallest absolute Gasteiger partial charge is 0.311 e. The Balaban J connectivity index is 2.63. The van der Waals surface area contributed by atoms with E-state index in [1.807, 2.05) is 25.1 Å². The maximum atomic E-state index is 10.6. The van der Waals surface area contributed by atoms with Crippen LogP contribution in [0.15, 0.2) is 18.2 Å². The highest BCUT2D eigenvalue weighted by Gasteiger charge is 2.10. The van der Waals surface area contributed by atoms with Crippen molar-refractivity contribution in [2.45, 2.75) is 13.3 Å². The third-order valence-corrected chi connectivity index (χ3v) is 2.44. The topological polar surface area (TPSA) is 72.3 Å². The number of rotatable bonds is 3. The van der Waals surface area contributed by atoms with Gasteiger partial charge in [-0.25, -0.2) is 9.97 Å². The summed E-state index contributed by atoms with van der Waals surface area (Å²) in [6, 6.07) is 5.46. The van der Waals surface area contributed by atoms with Gasteiger partial charge >= 0.3 is 5.97 Å². The normalized spacial score (nSPS) is 10.5. The molecule has 1 heterocycles. The second-order valence-corrected chi connectivity index (χ2v) is 3.65. The molecule has 0 unspecified atom stereocenters. The number of aryl methyl sites for hydroxylation is 1. The number of aliphatic carboxylic acids is 1. The highest BCUT2D eigenvalue weighted by Crippen LogP contribution is 2.26. The van der Waals surface area contributed by atoms with Crippen molar-refractivity contribution >= 4 is 16.9 Å². The van der Waals surface area contributed by atoms with Crippen LogP contribution < -0.4 is 4.74 Å². The van der Waals surface area contributed by atoms with E-state index < -0.39 is 5.97 Å². The van der Waals surface area contributed by atoms with Crippen molar-refractivity contribution in [3.8, 4) is 5.75 Å². The van der Waals surface area contributed by atoms with E-state index in [0.29, 0.717) is 17.1 Å². The number of hydrogen-bond donors (Lipinski definition) is 1. The molecule has 2 rings (SSSR count). The van der Waals surface area contributed by atoms with Crippen molar-refractivity contribution in [2.24, 2.45) is 0 Å². The SMILES string of the molecule is COc1cccc2nc(CC(=O)O)nc(C)c12. The van der Waals surface area contributed by atoms with Gasteiger partial charge in [0.15, 0.2) is 0 Å². The third-order valence-electron chi connectivity index (χ3n) is 2.44. The lowest BCUT2D eigenvalue weighted by Crippen LogP contribution is -2.06. The van der Waals surface area contributed by atoms with Crippen LogP contribution in [-0.2, 0) is 11.2 Å². The zero-order valence-corrected chi connectivity index (χ0v) is 9.60. The van der Waals surface area contributed by atoms with Crippen LogP contribution in [0, 0.1) is 6.92 Å². The monoisotopic (exact) mass is 232 g/mol. The van der Waals surface area contributed by atoms with Crippen molar-refractivity contribution in [2.75, 3.05) is 7.11 Å². The van der Waals surface area contributed by atoms with Crippen molar-refractivity contribution < 1.29 is 14.6 Å². The molecule has 17 heavy (non-hydrogen) atoms. The van der Waals surface area contributed by atoms with Gasteiger partial charge in [-0.15, -0.1) is 0 Å². The van der Waals surface area contributed by atoms with Gasteiger partial charge in [0.05, 0.1) is 23.7 Å². The Morgan fingerprint density at radius 2 is 2.18 bits per heavy atom. The van der Waals surface area contributed by atoms with Crippen LogP contribution in [0.25, 0.3) is 10.9 Å². The number of hydrogen-bond acceptors (Lipinski definition) is 4. The summed E-state index contributed by atoms with van der Waals surface area (Å²) in [4.78, 5) is 19.0. The molecule has 0 saturated carbocycles. The molecule has 0 bridgehead atoms. The first-order valence-corrected chi connectivity index (χ1v) is 5.14. The summed E-state index contributed by atoms with van der Waals surface area (Å²) in [7, 11) is 1.58. The summed E-state index contributed by atoms with van der Waals surface area (Å²) in [5.41, 5.74) is 1.43. The molecule has 5 heteroatoms. The second kappa shape index (κ2) is 4.37. The lowest BCUT2D eigenvalue weighted by atomic mass is 10.1.